The zero-order valence-corrected chi connectivity index (χ0v) is 16.6. The lowest BCUT2D eigenvalue weighted by Gasteiger charge is -2.14. The van der Waals surface area contributed by atoms with Gasteiger partial charge in [-0.3, -0.25) is 20.6 Å². The van der Waals surface area contributed by atoms with Crippen LogP contribution in [-0.2, 0) is 0 Å². The van der Waals surface area contributed by atoms with E-state index in [1.165, 1.54) is 6.33 Å². The van der Waals surface area contributed by atoms with E-state index < -0.39 is 0 Å². The van der Waals surface area contributed by atoms with Gasteiger partial charge in [0.2, 0.25) is 0 Å². The third-order valence-corrected chi connectivity index (χ3v) is 4.69. The summed E-state index contributed by atoms with van der Waals surface area (Å²) in [7, 11) is 0. The second kappa shape index (κ2) is 8.04. The van der Waals surface area contributed by atoms with Crippen LogP contribution >= 0.6 is 0 Å². The van der Waals surface area contributed by atoms with E-state index in [2.05, 4.69) is 31.1 Å². The lowest BCUT2D eigenvalue weighted by molar-refractivity contribution is 0.0962. The van der Waals surface area contributed by atoms with Crippen molar-refractivity contribution in [2.45, 2.75) is 13.8 Å². The summed E-state index contributed by atoms with van der Waals surface area (Å²) < 4.78 is 0. The standard InChI is InChI=1S/C22H21N7O/c1-13-6-3-4-7-15(13)22(30)29-28-21-19(23)20(24-12-25-21)27-18-9-5-8-17-16(18)11-10-14(2)26-17/h3-12H,23H2,1-2H3,(H,29,30)(H2,24,25,27,28). The molecule has 4 aromatic rings. The monoisotopic (exact) mass is 399 g/mol. The Bertz CT molecular complexity index is 1240. The first kappa shape index (κ1) is 19.1. The second-order valence-corrected chi connectivity index (χ2v) is 6.83. The van der Waals surface area contributed by atoms with Gasteiger partial charge in [-0.25, -0.2) is 9.97 Å². The van der Waals surface area contributed by atoms with E-state index in [1.54, 1.807) is 6.07 Å². The fraction of sp³-hybridized carbons (Fsp3) is 0.0909. The summed E-state index contributed by atoms with van der Waals surface area (Å²) in [4.78, 5) is 25.3. The SMILES string of the molecule is Cc1ccc2c(Nc3ncnc(NNC(=O)c4ccccc4C)c3N)cccc2n1. The van der Waals surface area contributed by atoms with Gasteiger partial charge in [-0.2, -0.15) is 0 Å². The number of nitrogens with zero attached hydrogens (tertiary/aromatic N) is 3. The van der Waals surface area contributed by atoms with Crippen molar-refractivity contribution in [3.05, 3.63) is 77.7 Å². The summed E-state index contributed by atoms with van der Waals surface area (Å²) in [6, 6.07) is 17.0. The van der Waals surface area contributed by atoms with Crippen LogP contribution in [-0.4, -0.2) is 20.9 Å². The molecule has 0 atom stereocenters. The Morgan fingerprint density at radius 2 is 1.73 bits per heavy atom. The molecular formula is C22H21N7O. The molecule has 8 nitrogen and oxygen atoms in total. The van der Waals surface area contributed by atoms with Crippen LogP contribution < -0.4 is 21.9 Å². The van der Waals surface area contributed by atoms with E-state index >= 15 is 0 Å². The van der Waals surface area contributed by atoms with Crippen molar-refractivity contribution in [2.75, 3.05) is 16.5 Å². The van der Waals surface area contributed by atoms with Crippen LogP contribution in [0.25, 0.3) is 10.9 Å². The molecule has 8 heteroatoms. The number of nitrogen functional groups attached to an aromatic ring is 1. The number of aromatic nitrogens is 3. The van der Waals surface area contributed by atoms with Crippen molar-refractivity contribution in [2.24, 2.45) is 0 Å². The van der Waals surface area contributed by atoms with Crippen LogP contribution in [0.3, 0.4) is 0 Å². The molecule has 0 unspecified atom stereocenters. The van der Waals surface area contributed by atoms with Crippen LogP contribution in [0.15, 0.2) is 60.9 Å². The molecule has 2 aromatic heterocycles. The van der Waals surface area contributed by atoms with E-state index in [9.17, 15) is 4.79 Å². The highest BCUT2D eigenvalue weighted by Gasteiger charge is 2.12. The Morgan fingerprint density at radius 3 is 2.57 bits per heavy atom. The van der Waals surface area contributed by atoms with Gasteiger partial charge in [0.15, 0.2) is 11.6 Å². The number of carbonyl (C=O) groups excluding carboxylic acids is 1. The van der Waals surface area contributed by atoms with Crippen LogP contribution in [0, 0.1) is 13.8 Å². The predicted molar refractivity (Wildman–Crippen MR) is 118 cm³/mol. The molecule has 0 aliphatic rings. The smallest absolute Gasteiger partial charge is 0.269 e. The number of nitrogens with two attached hydrogens (primary N) is 1. The molecule has 2 heterocycles. The third-order valence-electron chi connectivity index (χ3n) is 4.69. The maximum atomic E-state index is 12.4. The van der Waals surface area contributed by atoms with Gasteiger partial charge < -0.3 is 11.1 Å². The zero-order valence-electron chi connectivity index (χ0n) is 16.6. The predicted octanol–water partition coefficient (Wildman–Crippen LogP) is 3.72. The second-order valence-electron chi connectivity index (χ2n) is 6.83. The number of benzene rings is 2. The number of carbonyl (C=O) groups is 1. The fourth-order valence-electron chi connectivity index (χ4n) is 3.10. The van der Waals surface area contributed by atoms with Crippen molar-refractivity contribution < 1.29 is 4.79 Å². The maximum Gasteiger partial charge on any atom is 0.269 e. The topological polar surface area (TPSA) is 118 Å². The van der Waals surface area contributed by atoms with Crippen LogP contribution in [0.1, 0.15) is 21.6 Å². The summed E-state index contributed by atoms with van der Waals surface area (Å²) >= 11 is 0. The van der Waals surface area contributed by atoms with Gasteiger partial charge >= 0.3 is 0 Å². The Morgan fingerprint density at radius 1 is 0.933 bits per heavy atom. The van der Waals surface area contributed by atoms with Crippen LogP contribution in [0.5, 0.6) is 0 Å². The summed E-state index contributed by atoms with van der Waals surface area (Å²) in [5.74, 6) is 0.436. The van der Waals surface area contributed by atoms with Crippen LogP contribution in [0.2, 0.25) is 0 Å². The Hall–Kier alpha value is -4.20. The molecule has 0 saturated heterocycles. The number of hydrogen-bond donors (Lipinski definition) is 4. The Kier molecular flexibility index (Phi) is 5.13. The molecule has 0 aliphatic carbocycles. The van der Waals surface area contributed by atoms with Crippen molar-refractivity contribution in [3.8, 4) is 0 Å². The number of pyridine rings is 1. The number of fused-ring (bicyclic) bond motifs is 1. The molecule has 0 spiro atoms. The molecule has 0 fully saturated rings. The van der Waals surface area contributed by atoms with Gasteiger partial charge in [0.25, 0.3) is 5.91 Å². The Balaban J connectivity index is 1.55. The molecule has 5 N–H and O–H groups in total. The largest absolute Gasteiger partial charge is 0.393 e. The molecule has 1 amide bonds. The Labute approximate surface area is 173 Å². The van der Waals surface area contributed by atoms with E-state index in [1.807, 2.05) is 62.4 Å². The summed E-state index contributed by atoms with van der Waals surface area (Å²) in [5.41, 5.74) is 16.0. The number of hydrazine groups is 1. The maximum absolute atomic E-state index is 12.4. The van der Waals surface area contributed by atoms with Crippen LogP contribution in [0.4, 0.5) is 23.0 Å². The summed E-state index contributed by atoms with van der Waals surface area (Å²) in [6.45, 7) is 3.82. The first-order valence-electron chi connectivity index (χ1n) is 9.39. The highest BCUT2D eigenvalue weighted by atomic mass is 16.2. The number of amides is 1. The molecule has 4 rings (SSSR count). The number of anilines is 4. The first-order chi connectivity index (χ1) is 14.5. The van der Waals surface area contributed by atoms with Gasteiger partial charge in [-0.15, -0.1) is 0 Å². The molecular weight excluding hydrogens is 378 g/mol. The first-order valence-corrected chi connectivity index (χ1v) is 9.39. The molecule has 0 aliphatic heterocycles. The lowest BCUT2D eigenvalue weighted by atomic mass is 10.1. The minimum absolute atomic E-state index is 0.277. The molecule has 0 bridgehead atoms. The van der Waals surface area contributed by atoms with Gasteiger partial charge in [0.1, 0.15) is 12.0 Å². The van der Waals surface area contributed by atoms with E-state index in [0.29, 0.717) is 17.2 Å². The van der Waals surface area contributed by atoms with Crippen molar-refractivity contribution in [3.63, 3.8) is 0 Å². The molecule has 30 heavy (non-hydrogen) atoms. The number of rotatable bonds is 5. The average molecular weight is 399 g/mol. The van der Waals surface area contributed by atoms with Crippen molar-refractivity contribution >= 4 is 39.8 Å². The third kappa shape index (κ3) is 3.83. The van der Waals surface area contributed by atoms with Crippen molar-refractivity contribution in [1.82, 2.24) is 20.4 Å². The van der Waals surface area contributed by atoms with E-state index in [0.717, 1.165) is 27.8 Å². The van der Waals surface area contributed by atoms with E-state index in [4.69, 9.17) is 5.73 Å². The zero-order chi connectivity index (χ0) is 21.1. The van der Waals surface area contributed by atoms with Gasteiger partial charge in [-0.05, 0) is 49.7 Å². The minimum atomic E-state index is -0.281. The highest BCUT2D eigenvalue weighted by molar-refractivity contribution is 5.97. The van der Waals surface area contributed by atoms with Gasteiger partial charge in [0, 0.05) is 22.3 Å². The van der Waals surface area contributed by atoms with E-state index in [-0.39, 0.29) is 11.6 Å². The average Bonchev–Trinajstić information content (AvgIpc) is 2.74. The fourth-order valence-corrected chi connectivity index (χ4v) is 3.10. The number of nitrogens with one attached hydrogen (secondary N) is 3. The minimum Gasteiger partial charge on any atom is -0.393 e. The highest BCUT2D eigenvalue weighted by Crippen LogP contribution is 2.29. The quantitative estimate of drug-likeness (QED) is 0.378. The van der Waals surface area contributed by atoms with Crippen molar-refractivity contribution in [1.29, 1.82) is 0 Å². The lowest BCUT2D eigenvalue weighted by Crippen LogP contribution is -2.30. The number of hydrogen-bond acceptors (Lipinski definition) is 7. The molecule has 150 valence electrons. The van der Waals surface area contributed by atoms with Gasteiger partial charge in [0.05, 0.1) is 5.52 Å². The number of aryl methyl sites for hydroxylation is 2. The summed E-state index contributed by atoms with van der Waals surface area (Å²) in [5, 5.41) is 4.18. The molecule has 0 radical (unpaired) electrons. The summed E-state index contributed by atoms with van der Waals surface area (Å²) in [6.07, 6.45) is 1.37. The molecule has 2 aromatic carbocycles. The molecule has 0 saturated carbocycles. The normalized spacial score (nSPS) is 10.6. The van der Waals surface area contributed by atoms with Gasteiger partial charge in [-0.1, -0.05) is 24.3 Å².